The SMILES string of the molecule is CC(=O)c1cc(C)cc(Cc2cc(C)cc(C(=O)O)c2)c1. The van der Waals surface area contributed by atoms with E-state index in [9.17, 15) is 9.59 Å². The quantitative estimate of drug-likeness (QED) is 0.868. The molecule has 0 spiro atoms. The van der Waals surface area contributed by atoms with Crippen molar-refractivity contribution in [2.24, 2.45) is 0 Å². The van der Waals surface area contributed by atoms with Gasteiger partial charge in [0.25, 0.3) is 0 Å². The molecule has 0 bridgehead atoms. The molecule has 0 fully saturated rings. The van der Waals surface area contributed by atoms with Gasteiger partial charge in [-0.2, -0.15) is 0 Å². The maximum atomic E-state index is 11.5. The molecule has 0 amide bonds. The summed E-state index contributed by atoms with van der Waals surface area (Å²) in [6.07, 6.45) is 0.615. The molecule has 0 aliphatic heterocycles. The van der Waals surface area contributed by atoms with Crippen LogP contribution in [-0.2, 0) is 6.42 Å². The molecular formula is C18H18O3. The predicted molar refractivity (Wildman–Crippen MR) is 82.1 cm³/mol. The molecule has 1 N–H and O–H groups in total. The first-order valence-corrected chi connectivity index (χ1v) is 6.80. The molecule has 3 nitrogen and oxygen atoms in total. The zero-order valence-electron chi connectivity index (χ0n) is 12.4. The molecule has 0 saturated carbocycles. The van der Waals surface area contributed by atoms with E-state index < -0.39 is 5.97 Å². The number of carbonyl (C=O) groups excluding carboxylic acids is 1. The Morgan fingerprint density at radius 3 is 1.81 bits per heavy atom. The molecule has 0 radical (unpaired) electrons. The number of hydrogen-bond acceptors (Lipinski definition) is 2. The number of benzene rings is 2. The first kappa shape index (κ1) is 15.0. The molecule has 21 heavy (non-hydrogen) atoms. The minimum atomic E-state index is -0.923. The summed E-state index contributed by atoms with van der Waals surface area (Å²) in [7, 11) is 0. The van der Waals surface area contributed by atoms with Crippen molar-refractivity contribution >= 4 is 11.8 Å². The first-order chi connectivity index (χ1) is 9.85. The minimum absolute atomic E-state index is 0.0374. The van der Waals surface area contributed by atoms with Crippen molar-refractivity contribution in [2.45, 2.75) is 27.2 Å². The van der Waals surface area contributed by atoms with Crippen LogP contribution in [0.1, 0.15) is 49.9 Å². The van der Waals surface area contributed by atoms with E-state index in [1.807, 2.05) is 38.1 Å². The van der Waals surface area contributed by atoms with E-state index in [4.69, 9.17) is 5.11 Å². The normalized spacial score (nSPS) is 10.4. The van der Waals surface area contributed by atoms with Crippen molar-refractivity contribution in [1.29, 1.82) is 0 Å². The summed E-state index contributed by atoms with van der Waals surface area (Å²) in [5, 5.41) is 9.12. The number of hydrogen-bond donors (Lipinski definition) is 1. The Bertz CT molecular complexity index is 653. The topological polar surface area (TPSA) is 54.4 Å². The molecule has 2 rings (SSSR count). The van der Waals surface area contributed by atoms with Crippen molar-refractivity contribution in [3.05, 3.63) is 69.8 Å². The fourth-order valence-corrected chi connectivity index (χ4v) is 2.49. The fourth-order valence-electron chi connectivity index (χ4n) is 2.49. The van der Waals surface area contributed by atoms with Gasteiger partial charge in [-0.05, 0) is 68.1 Å². The van der Waals surface area contributed by atoms with Gasteiger partial charge < -0.3 is 5.11 Å². The average Bonchev–Trinajstić information content (AvgIpc) is 2.37. The number of rotatable bonds is 4. The summed E-state index contributed by atoms with van der Waals surface area (Å²) in [5.41, 5.74) is 4.89. The molecule has 2 aromatic carbocycles. The van der Waals surface area contributed by atoms with Crippen molar-refractivity contribution in [2.75, 3.05) is 0 Å². The highest BCUT2D eigenvalue weighted by Crippen LogP contribution is 2.17. The van der Waals surface area contributed by atoms with Gasteiger partial charge >= 0.3 is 5.97 Å². The molecule has 0 aliphatic rings. The Kier molecular flexibility index (Phi) is 4.22. The maximum Gasteiger partial charge on any atom is 0.335 e. The smallest absolute Gasteiger partial charge is 0.335 e. The van der Waals surface area contributed by atoms with Crippen LogP contribution in [0.4, 0.5) is 0 Å². The third-order valence-electron chi connectivity index (χ3n) is 3.34. The van der Waals surface area contributed by atoms with Gasteiger partial charge in [0, 0.05) is 5.56 Å². The van der Waals surface area contributed by atoms with E-state index in [0.29, 0.717) is 17.5 Å². The van der Waals surface area contributed by atoms with E-state index in [0.717, 1.165) is 22.3 Å². The van der Waals surface area contributed by atoms with Gasteiger partial charge in [-0.1, -0.05) is 17.7 Å². The lowest BCUT2D eigenvalue weighted by atomic mass is 9.97. The van der Waals surface area contributed by atoms with E-state index in [1.54, 1.807) is 19.1 Å². The molecule has 3 heteroatoms. The van der Waals surface area contributed by atoms with Crippen molar-refractivity contribution in [3.8, 4) is 0 Å². The second-order valence-electron chi connectivity index (χ2n) is 5.45. The zero-order valence-corrected chi connectivity index (χ0v) is 12.4. The van der Waals surface area contributed by atoms with Gasteiger partial charge in [0.15, 0.2) is 5.78 Å². The Labute approximate surface area is 124 Å². The standard InChI is InChI=1S/C18H18O3/c1-11-4-14(9-16(6-11)13(3)19)8-15-5-12(2)7-17(10-15)18(20)21/h4-7,9-10H,8H2,1-3H3,(H,20,21). The van der Waals surface area contributed by atoms with Gasteiger partial charge in [0.1, 0.15) is 0 Å². The molecule has 0 aromatic heterocycles. The number of aromatic carboxylic acids is 1. The lowest BCUT2D eigenvalue weighted by Crippen LogP contribution is -2.00. The van der Waals surface area contributed by atoms with Crippen LogP contribution in [0.5, 0.6) is 0 Å². The summed E-state index contributed by atoms with van der Waals surface area (Å²) >= 11 is 0. The summed E-state index contributed by atoms with van der Waals surface area (Å²) in [5.74, 6) is -0.885. The molecule has 0 atom stereocenters. The second-order valence-corrected chi connectivity index (χ2v) is 5.45. The van der Waals surface area contributed by atoms with Gasteiger partial charge in [0.05, 0.1) is 5.56 Å². The third kappa shape index (κ3) is 3.78. The molecule has 2 aromatic rings. The van der Waals surface area contributed by atoms with E-state index in [2.05, 4.69) is 0 Å². The van der Waals surface area contributed by atoms with Crippen LogP contribution in [0.15, 0.2) is 36.4 Å². The van der Waals surface area contributed by atoms with E-state index in [1.165, 1.54) is 0 Å². The third-order valence-corrected chi connectivity index (χ3v) is 3.34. The monoisotopic (exact) mass is 282 g/mol. The van der Waals surface area contributed by atoms with Gasteiger partial charge in [-0.25, -0.2) is 4.79 Å². The summed E-state index contributed by atoms with van der Waals surface area (Å²) in [4.78, 5) is 22.6. The highest BCUT2D eigenvalue weighted by atomic mass is 16.4. The summed E-state index contributed by atoms with van der Waals surface area (Å²) < 4.78 is 0. The second kappa shape index (κ2) is 5.92. The Morgan fingerprint density at radius 1 is 0.857 bits per heavy atom. The number of Topliss-reactive ketones (excluding diaryl/α,β-unsaturated/α-hetero) is 1. The molecular weight excluding hydrogens is 264 g/mol. The first-order valence-electron chi connectivity index (χ1n) is 6.80. The minimum Gasteiger partial charge on any atom is -0.478 e. The van der Waals surface area contributed by atoms with Crippen molar-refractivity contribution < 1.29 is 14.7 Å². The van der Waals surface area contributed by atoms with Gasteiger partial charge in [-0.3, -0.25) is 4.79 Å². The van der Waals surface area contributed by atoms with Crippen LogP contribution in [-0.4, -0.2) is 16.9 Å². The van der Waals surface area contributed by atoms with Crippen LogP contribution in [0.3, 0.4) is 0 Å². The number of ketones is 1. The fraction of sp³-hybridized carbons (Fsp3) is 0.222. The molecule has 0 heterocycles. The Hall–Kier alpha value is -2.42. The number of aryl methyl sites for hydroxylation is 2. The zero-order chi connectivity index (χ0) is 15.6. The maximum absolute atomic E-state index is 11.5. The molecule has 0 saturated heterocycles. The number of carboxylic acid groups (broad SMARTS) is 1. The van der Waals surface area contributed by atoms with Crippen LogP contribution >= 0.6 is 0 Å². The van der Waals surface area contributed by atoms with Crippen LogP contribution in [0.25, 0.3) is 0 Å². The van der Waals surface area contributed by atoms with Gasteiger partial charge in [0.2, 0.25) is 0 Å². The van der Waals surface area contributed by atoms with Crippen molar-refractivity contribution in [1.82, 2.24) is 0 Å². The largest absolute Gasteiger partial charge is 0.478 e. The number of carbonyl (C=O) groups is 2. The van der Waals surface area contributed by atoms with Crippen LogP contribution in [0.2, 0.25) is 0 Å². The van der Waals surface area contributed by atoms with E-state index in [-0.39, 0.29) is 5.78 Å². The lowest BCUT2D eigenvalue weighted by molar-refractivity contribution is 0.0696. The van der Waals surface area contributed by atoms with Crippen molar-refractivity contribution in [3.63, 3.8) is 0 Å². The number of carboxylic acids is 1. The highest BCUT2D eigenvalue weighted by molar-refractivity contribution is 5.94. The summed E-state index contributed by atoms with van der Waals surface area (Å²) in [6.45, 7) is 5.38. The van der Waals surface area contributed by atoms with Crippen LogP contribution in [0, 0.1) is 13.8 Å². The molecule has 108 valence electrons. The summed E-state index contributed by atoms with van der Waals surface area (Å²) in [6, 6.07) is 11.1. The lowest BCUT2D eigenvalue weighted by Gasteiger charge is -2.08. The highest BCUT2D eigenvalue weighted by Gasteiger charge is 2.08. The van der Waals surface area contributed by atoms with Gasteiger partial charge in [-0.15, -0.1) is 0 Å². The van der Waals surface area contributed by atoms with E-state index >= 15 is 0 Å². The molecule has 0 aliphatic carbocycles. The average molecular weight is 282 g/mol. The predicted octanol–water partition coefficient (Wildman–Crippen LogP) is 3.80. The Morgan fingerprint density at radius 2 is 1.33 bits per heavy atom. The van der Waals surface area contributed by atoms with Crippen LogP contribution < -0.4 is 0 Å². The molecule has 0 unspecified atom stereocenters. The Balaban J connectivity index is 2.38.